The van der Waals surface area contributed by atoms with Gasteiger partial charge in [0.15, 0.2) is 5.52 Å². The van der Waals surface area contributed by atoms with Gasteiger partial charge in [0.1, 0.15) is 5.84 Å². The molecule has 0 saturated heterocycles. The van der Waals surface area contributed by atoms with E-state index in [-0.39, 0.29) is 5.69 Å². The number of hydrogen-bond acceptors (Lipinski definition) is 6. The van der Waals surface area contributed by atoms with Gasteiger partial charge in [-0.3, -0.25) is 10.1 Å². The number of nitro groups is 1. The number of aromatic nitrogens is 1. The van der Waals surface area contributed by atoms with Crippen LogP contribution in [-0.2, 0) is 0 Å². The predicted molar refractivity (Wildman–Crippen MR) is 105 cm³/mol. The number of aliphatic imine (C=N–C) groups is 1. The van der Waals surface area contributed by atoms with Crippen LogP contribution in [-0.4, -0.2) is 21.5 Å². The molecule has 0 spiro atoms. The van der Waals surface area contributed by atoms with E-state index >= 15 is 0 Å². The molecular formula is C18H15N5O2S. The van der Waals surface area contributed by atoms with Crippen LogP contribution in [0.3, 0.4) is 0 Å². The SMILES string of the molecule is CC1=NN(c2ccc(C)cc2)/C(=N/c2nc3c([N+](=O)[O-])cccc3s2)C1. The van der Waals surface area contributed by atoms with Crippen molar-refractivity contribution in [3.05, 3.63) is 58.1 Å². The molecule has 4 rings (SSSR count). The normalized spacial score (nSPS) is 15.7. The number of hydrogen-bond donors (Lipinski definition) is 0. The number of hydrazone groups is 1. The lowest BCUT2D eigenvalue weighted by molar-refractivity contribution is -0.383. The molecule has 0 aliphatic carbocycles. The van der Waals surface area contributed by atoms with Crippen LogP contribution in [0.5, 0.6) is 0 Å². The Balaban J connectivity index is 1.75. The molecule has 2 aromatic carbocycles. The molecule has 8 heteroatoms. The summed E-state index contributed by atoms with van der Waals surface area (Å²) < 4.78 is 0.746. The molecule has 0 atom stereocenters. The smallest absolute Gasteiger partial charge is 0.258 e. The molecule has 130 valence electrons. The van der Waals surface area contributed by atoms with Crippen molar-refractivity contribution in [3.8, 4) is 0 Å². The number of aryl methyl sites for hydroxylation is 1. The number of nitro benzene ring substituents is 1. The largest absolute Gasteiger partial charge is 0.296 e. The van der Waals surface area contributed by atoms with Crippen LogP contribution in [0.25, 0.3) is 10.2 Å². The first-order chi connectivity index (χ1) is 12.5. The number of thiazole rings is 1. The topological polar surface area (TPSA) is 84.0 Å². The van der Waals surface area contributed by atoms with E-state index in [2.05, 4.69) is 15.1 Å². The van der Waals surface area contributed by atoms with Crippen molar-refractivity contribution >= 4 is 49.6 Å². The van der Waals surface area contributed by atoms with E-state index in [1.807, 2.05) is 44.2 Å². The van der Waals surface area contributed by atoms with E-state index in [1.54, 1.807) is 11.1 Å². The number of fused-ring (bicyclic) bond motifs is 1. The lowest BCUT2D eigenvalue weighted by Crippen LogP contribution is -2.19. The highest BCUT2D eigenvalue weighted by atomic mass is 32.1. The number of amidine groups is 1. The van der Waals surface area contributed by atoms with Gasteiger partial charge in [0, 0.05) is 18.2 Å². The Kier molecular flexibility index (Phi) is 3.96. The zero-order valence-electron chi connectivity index (χ0n) is 14.2. The number of rotatable bonds is 3. The van der Waals surface area contributed by atoms with Crippen LogP contribution in [0.15, 0.2) is 52.6 Å². The van der Waals surface area contributed by atoms with Gasteiger partial charge in [-0.2, -0.15) is 5.10 Å². The first kappa shape index (κ1) is 16.3. The maximum Gasteiger partial charge on any atom is 0.296 e. The van der Waals surface area contributed by atoms with Crippen molar-refractivity contribution in [3.63, 3.8) is 0 Å². The average Bonchev–Trinajstić information content (AvgIpc) is 3.18. The molecule has 0 saturated carbocycles. The van der Waals surface area contributed by atoms with Crippen LogP contribution >= 0.6 is 11.3 Å². The molecule has 0 N–H and O–H groups in total. The second kappa shape index (κ2) is 6.30. The van der Waals surface area contributed by atoms with Crippen LogP contribution in [0.1, 0.15) is 18.9 Å². The Morgan fingerprint density at radius 2 is 1.96 bits per heavy atom. The van der Waals surface area contributed by atoms with Crippen LogP contribution in [0.4, 0.5) is 16.5 Å². The average molecular weight is 365 g/mol. The molecule has 0 unspecified atom stereocenters. The van der Waals surface area contributed by atoms with E-state index in [0.29, 0.717) is 17.1 Å². The molecule has 3 aromatic rings. The molecule has 0 bridgehead atoms. The van der Waals surface area contributed by atoms with Crippen molar-refractivity contribution in [2.75, 3.05) is 5.01 Å². The fraction of sp³-hybridized carbons (Fsp3) is 0.167. The van der Waals surface area contributed by atoms with Gasteiger partial charge in [-0.05, 0) is 32.0 Å². The second-order valence-corrected chi connectivity index (χ2v) is 7.07. The van der Waals surface area contributed by atoms with Crippen LogP contribution < -0.4 is 5.01 Å². The van der Waals surface area contributed by atoms with Gasteiger partial charge in [-0.1, -0.05) is 35.1 Å². The highest BCUT2D eigenvalue weighted by Gasteiger charge is 2.22. The van der Waals surface area contributed by atoms with Crippen molar-refractivity contribution in [1.82, 2.24) is 4.98 Å². The summed E-state index contributed by atoms with van der Waals surface area (Å²) in [4.78, 5) is 19.8. The van der Waals surface area contributed by atoms with Gasteiger partial charge in [0.05, 0.1) is 15.3 Å². The Labute approximate surface area is 153 Å². The van der Waals surface area contributed by atoms with Gasteiger partial charge in [0.2, 0.25) is 5.13 Å². The summed E-state index contributed by atoms with van der Waals surface area (Å²) in [6, 6.07) is 13.0. The second-order valence-electron chi connectivity index (χ2n) is 6.06. The Morgan fingerprint density at radius 3 is 2.69 bits per heavy atom. The van der Waals surface area contributed by atoms with Crippen molar-refractivity contribution in [1.29, 1.82) is 0 Å². The molecule has 1 aromatic heterocycles. The Bertz CT molecular complexity index is 1070. The Hall–Kier alpha value is -3.13. The number of para-hydroxylation sites is 1. The Morgan fingerprint density at radius 1 is 1.19 bits per heavy atom. The quantitative estimate of drug-likeness (QED) is 0.491. The molecule has 0 fully saturated rings. The number of anilines is 1. The summed E-state index contributed by atoms with van der Waals surface area (Å²) in [5, 5.41) is 18.0. The highest BCUT2D eigenvalue weighted by molar-refractivity contribution is 7.22. The third-order valence-electron chi connectivity index (χ3n) is 4.02. The van der Waals surface area contributed by atoms with E-state index in [4.69, 9.17) is 0 Å². The summed E-state index contributed by atoms with van der Waals surface area (Å²) >= 11 is 1.34. The van der Waals surface area contributed by atoms with Gasteiger partial charge >= 0.3 is 0 Å². The van der Waals surface area contributed by atoms with Crippen molar-refractivity contribution in [2.45, 2.75) is 20.3 Å². The standard InChI is InChI=1S/C18H15N5O2S/c1-11-6-8-13(9-7-11)22-16(10-12(2)21-22)19-18-20-17-14(23(24)25)4-3-5-15(17)26-18/h3-9H,10H2,1-2H3/b19-16+. The van der Waals surface area contributed by atoms with Gasteiger partial charge < -0.3 is 0 Å². The van der Waals surface area contributed by atoms with E-state index < -0.39 is 4.92 Å². The molecule has 1 aliphatic rings. The zero-order valence-corrected chi connectivity index (χ0v) is 15.0. The lowest BCUT2D eigenvalue weighted by atomic mass is 10.2. The number of benzene rings is 2. The summed E-state index contributed by atoms with van der Waals surface area (Å²) in [6.45, 7) is 3.98. The highest BCUT2D eigenvalue weighted by Crippen LogP contribution is 2.34. The number of nitrogens with zero attached hydrogens (tertiary/aromatic N) is 5. The molecule has 26 heavy (non-hydrogen) atoms. The van der Waals surface area contributed by atoms with Gasteiger partial charge in [0.25, 0.3) is 5.69 Å². The third kappa shape index (κ3) is 2.95. The monoisotopic (exact) mass is 365 g/mol. The van der Waals surface area contributed by atoms with E-state index in [0.717, 1.165) is 21.9 Å². The van der Waals surface area contributed by atoms with Crippen molar-refractivity contribution in [2.24, 2.45) is 10.1 Å². The summed E-state index contributed by atoms with van der Waals surface area (Å²) in [5.41, 5.74) is 3.43. The third-order valence-corrected chi connectivity index (χ3v) is 4.93. The molecular weight excluding hydrogens is 350 g/mol. The number of non-ortho nitro benzene ring substituents is 1. The molecule has 2 heterocycles. The molecule has 1 aliphatic heterocycles. The minimum Gasteiger partial charge on any atom is -0.258 e. The van der Waals surface area contributed by atoms with E-state index in [1.165, 1.54) is 23.0 Å². The summed E-state index contributed by atoms with van der Waals surface area (Å²) in [6.07, 6.45) is 0.617. The lowest BCUT2D eigenvalue weighted by Gasteiger charge is -2.15. The van der Waals surface area contributed by atoms with Crippen molar-refractivity contribution < 1.29 is 4.92 Å². The zero-order chi connectivity index (χ0) is 18.3. The molecule has 0 radical (unpaired) electrons. The molecule has 7 nitrogen and oxygen atoms in total. The first-order valence-electron chi connectivity index (χ1n) is 8.03. The maximum atomic E-state index is 11.2. The predicted octanol–water partition coefficient (Wildman–Crippen LogP) is 4.83. The fourth-order valence-corrected chi connectivity index (χ4v) is 3.65. The minimum absolute atomic E-state index is 0.000516. The summed E-state index contributed by atoms with van der Waals surface area (Å²) in [7, 11) is 0. The summed E-state index contributed by atoms with van der Waals surface area (Å²) in [5.74, 6) is 0.757. The fourth-order valence-electron chi connectivity index (χ4n) is 2.77. The maximum absolute atomic E-state index is 11.2. The van der Waals surface area contributed by atoms with E-state index in [9.17, 15) is 10.1 Å². The first-order valence-corrected chi connectivity index (χ1v) is 8.85. The van der Waals surface area contributed by atoms with Crippen LogP contribution in [0, 0.1) is 17.0 Å². The minimum atomic E-state index is -0.416. The van der Waals surface area contributed by atoms with Crippen LogP contribution in [0.2, 0.25) is 0 Å². The van der Waals surface area contributed by atoms with Gasteiger partial charge in [-0.15, -0.1) is 0 Å². The molecule has 0 amide bonds. The van der Waals surface area contributed by atoms with Gasteiger partial charge in [-0.25, -0.2) is 15.0 Å².